The van der Waals surface area contributed by atoms with Gasteiger partial charge < -0.3 is 4.74 Å². The Morgan fingerprint density at radius 3 is 2.55 bits per heavy atom. The molecule has 2 heteroatoms. The van der Waals surface area contributed by atoms with Gasteiger partial charge in [-0.25, -0.2) is 0 Å². The molecule has 0 heterocycles. The van der Waals surface area contributed by atoms with Gasteiger partial charge in [0.1, 0.15) is 6.10 Å². The minimum atomic E-state index is -0.135. The van der Waals surface area contributed by atoms with Crippen molar-refractivity contribution < 1.29 is 9.53 Å². The molecule has 11 heavy (non-hydrogen) atoms. The molecule has 1 aliphatic rings. The summed E-state index contributed by atoms with van der Waals surface area (Å²) in [6, 6.07) is 0. The molecule has 0 saturated heterocycles. The van der Waals surface area contributed by atoms with Crippen LogP contribution < -0.4 is 0 Å². The molecular formula is C9H16O2. The van der Waals surface area contributed by atoms with E-state index in [1.807, 2.05) is 0 Å². The summed E-state index contributed by atoms with van der Waals surface area (Å²) >= 11 is 0. The van der Waals surface area contributed by atoms with Gasteiger partial charge in [0.25, 0.3) is 0 Å². The van der Waals surface area contributed by atoms with Gasteiger partial charge >= 0.3 is 5.97 Å². The maximum atomic E-state index is 10.6. The van der Waals surface area contributed by atoms with E-state index in [-0.39, 0.29) is 12.1 Å². The van der Waals surface area contributed by atoms with Crippen molar-refractivity contribution in [3.05, 3.63) is 0 Å². The first-order valence-corrected chi connectivity index (χ1v) is 4.37. The number of carbonyl (C=O) groups excluding carboxylic acids is 1. The highest BCUT2D eigenvalue weighted by Gasteiger charge is 2.23. The third-order valence-corrected chi connectivity index (χ3v) is 2.35. The molecule has 1 saturated carbocycles. The van der Waals surface area contributed by atoms with E-state index in [0.717, 1.165) is 6.42 Å². The van der Waals surface area contributed by atoms with Gasteiger partial charge in [-0.1, -0.05) is 13.3 Å². The number of carbonyl (C=O) groups is 1. The van der Waals surface area contributed by atoms with E-state index in [2.05, 4.69) is 6.92 Å². The van der Waals surface area contributed by atoms with Crippen LogP contribution in [0.25, 0.3) is 0 Å². The van der Waals surface area contributed by atoms with E-state index < -0.39 is 0 Å². The number of hydrogen-bond acceptors (Lipinski definition) is 2. The molecule has 64 valence electrons. The summed E-state index contributed by atoms with van der Waals surface area (Å²) in [5.41, 5.74) is 0. The molecule has 1 rings (SSSR count). The van der Waals surface area contributed by atoms with Crippen LogP contribution in [0.2, 0.25) is 0 Å². The highest BCUT2D eigenvalue weighted by Crippen LogP contribution is 2.26. The zero-order chi connectivity index (χ0) is 8.27. The van der Waals surface area contributed by atoms with Crippen LogP contribution in [-0.4, -0.2) is 12.1 Å². The average molecular weight is 156 g/mol. The Bertz CT molecular complexity index is 142. The van der Waals surface area contributed by atoms with Gasteiger partial charge in [-0.2, -0.15) is 0 Å². The van der Waals surface area contributed by atoms with Gasteiger partial charge in [0.2, 0.25) is 0 Å². The maximum Gasteiger partial charge on any atom is 0.302 e. The largest absolute Gasteiger partial charge is 0.462 e. The van der Waals surface area contributed by atoms with Gasteiger partial charge in [-0.15, -0.1) is 0 Å². The first-order chi connectivity index (χ1) is 5.20. The Morgan fingerprint density at radius 1 is 1.36 bits per heavy atom. The van der Waals surface area contributed by atoms with Crippen molar-refractivity contribution in [1.82, 2.24) is 0 Å². The summed E-state index contributed by atoms with van der Waals surface area (Å²) in [6.07, 6.45) is 4.96. The lowest BCUT2D eigenvalue weighted by Crippen LogP contribution is -2.27. The minimum Gasteiger partial charge on any atom is -0.462 e. The molecule has 2 atom stereocenters. The SMILES string of the molecule is CC(=O)O[C@H]1CCCC[C@H]1C. The zero-order valence-corrected chi connectivity index (χ0v) is 7.30. The number of esters is 1. The topological polar surface area (TPSA) is 26.3 Å². The van der Waals surface area contributed by atoms with Crippen LogP contribution in [0, 0.1) is 5.92 Å². The van der Waals surface area contributed by atoms with Crippen LogP contribution >= 0.6 is 0 Å². The van der Waals surface area contributed by atoms with Crippen LogP contribution in [0.15, 0.2) is 0 Å². The monoisotopic (exact) mass is 156 g/mol. The Kier molecular flexibility index (Phi) is 2.92. The number of hydrogen-bond donors (Lipinski definition) is 0. The summed E-state index contributed by atoms with van der Waals surface area (Å²) in [4.78, 5) is 10.6. The molecule has 1 fully saturated rings. The summed E-state index contributed by atoms with van der Waals surface area (Å²) < 4.78 is 5.16. The quantitative estimate of drug-likeness (QED) is 0.543. The molecule has 0 aromatic carbocycles. The number of ether oxygens (including phenoxy) is 1. The fourth-order valence-electron chi connectivity index (χ4n) is 1.67. The van der Waals surface area contributed by atoms with Gasteiger partial charge in [-0.05, 0) is 25.2 Å². The Balaban J connectivity index is 2.35. The molecule has 0 aromatic rings. The highest BCUT2D eigenvalue weighted by atomic mass is 16.5. The lowest BCUT2D eigenvalue weighted by atomic mass is 9.88. The van der Waals surface area contributed by atoms with Gasteiger partial charge in [0.05, 0.1) is 0 Å². The van der Waals surface area contributed by atoms with E-state index in [4.69, 9.17) is 4.74 Å². The molecule has 0 unspecified atom stereocenters. The predicted molar refractivity (Wildman–Crippen MR) is 43.2 cm³/mol. The first kappa shape index (κ1) is 8.57. The summed E-state index contributed by atoms with van der Waals surface area (Å²) in [7, 11) is 0. The Morgan fingerprint density at radius 2 is 2.00 bits per heavy atom. The lowest BCUT2D eigenvalue weighted by Gasteiger charge is -2.27. The van der Waals surface area contributed by atoms with E-state index in [9.17, 15) is 4.79 Å². The maximum absolute atomic E-state index is 10.6. The molecule has 0 aromatic heterocycles. The van der Waals surface area contributed by atoms with Gasteiger partial charge in [0, 0.05) is 6.92 Å². The predicted octanol–water partition coefficient (Wildman–Crippen LogP) is 2.13. The summed E-state index contributed by atoms with van der Waals surface area (Å²) in [6.45, 7) is 3.65. The molecule has 0 amide bonds. The van der Waals surface area contributed by atoms with Crippen molar-refractivity contribution in [3.63, 3.8) is 0 Å². The molecular weight excluding hydrogens is 140 g/mol. The van der Waals surface area contributed by atoms with Gasteiger partial charge in [0.15, 0.2) is 0 Å². The fourth-order valence-corrected chi connectivity index (χ4v) is 1.67. The average Bonchev–Trinajstić information content (AvgIpc) is 1.93. The molecule has 0 radical (unpaired) electrons. The summed E-state index contributed by atoms with van der Waals surface area (Å²) in [5, 5.41) is 0. The van der Waals surface area contributed by atoms with Crippen molar-refractivity contribution in [3.8, 4) is 0 Å². The van der Waals surface area contributed by atoms with Crippen molar-refractivity contribution >= 4 is 5.97 Å². The summed E-state index contributed by atoms with van der Waals surface area (Å²) in [5.74, 6) is 0.427. The molecule has 1 aliphatic carbocycles. The van der Waals surface area contributed by atoms with Crippen LogP contribution in [0.3, 0.4) is 0 Å². The normalized spacial score (nSPS) is 31.5. The second kappa shape index (κ2) is 3.74. The van der Waals surface area contributed by atoms with Gasteiger partial charge in [-0.3, -0.25) is 4.79 Å². The molecule has 0 aliphatic heterocycles. The smallest absolute Gasteiger partial charge is 0.302 e. The van der Waals surface area contributed by atoms with E-state index in [0.29, 0.717) is 5.92 Å². The standard InChI is InChI=1S/C9H16O2/c1-7-5-3-4-6-9(7)11-8(2)10/h7,9H,3-6H2,1-2H3/t7-,9+/m1/s1. The Hall–Kier alpha value is -0.530. The van der Waals surface area contributed by atoms with Crippen LogP contribution in [0.1, 0.15) is 39.5 Å². The van der Waals surface area contributed by atoms with E-state index in [1.54, 1.807) is 0 Å². The minimum absolute atomic E-state index is 0.135. The van der Waals surface area contributed by atoms with Crippen molar-refractivity contribution in [1.29, 1.82) is 0 Å². The van der Waals surface area contributed by atoms with Crippen molar-refractivity contribution in [2.45, 2.75) is 45.6 Å². The van der Waals surface area contributed by atoms with Crippen LogP contribution in [0.5, 0.6) is 0 Å². The zero-order valence-electron chi connectivity index (χ0n) is 7.30. The lowest BCUT2D eigenvalue weighted by molar-refractivity contribution is -0.150. The van der Waals surface area contributed by atoms with Crippen LogP contribution in [-0.2, 0) is 9.53 Å². The van der Waals surface area contributed by atoms with E-state index in [1.165, 1.54) is 26.2 Å². The first-order valence-electron chi connectivity index (χ1n) is 4.37. The van der Waals surface area contributed by atoms with Crippen LogP contribution in [0.4, 0.5) is 0 Å². The third kappa shape index (κ3) is 2.52. The Labute approximate surface area is 67.9 Å². The number of rotatable bonds is 1. The third-order valence-electron chi connectivity index (χ3n) is 2.35. The van der Waals surface area contributed by atoms with Crippen molar-refractivity contribution in [2.24, 2.45) is 5.92 Å². The highest BCUT2D eigenvalue weighted by molar-refractivity contribution is 5.66. The van der Waals surface area contributed by atoms with Crippen molar-refractivity contribution in [2.75, 3.05) is 0 Å². The molecule has 2 nitrogen and oxygen atoms in total. The molecule has 0 bridgehead atoms. The van der Waals surface area contributed by atoms with E-state index >= 15 is 0 Å². The second-order valence-corrected chi connectivity index (χ2v) is 3.41. The molecule has 0 N–H and O–H groups in total. The molecule has 0 spiro atoms. The fraction of sp³-hybridized carbons (Fsp3) is 0.889. The second-order valence-electron chi connectivity index (χ2n) is 3.41.